The van der Waals surface area contributed by atoms with Crippen LogP contribution in [0.25, 0.3) is 10.9 Å². The van der Waals surface area contributed by atoms with Crippen molar-refractivity contribution in [2.24, 2.45) is 0 Å². The molecular formula is C14H19N3O. The molecule has 4 nitrogen and oxygen atoms in total. The third kappa shape index (κ3) is 2.90. The number of nitrogens with one attached hydrogen (secondary N) is 1. The lowest BCUT2D eigenvalue weighted by atomic mass is 10.1. The summed E-state index contributed by atoms with van der Waals surface area (Å²) in [5, 5.41) is 13.6. The Morgan fingerprint density at radius 3 is 3.00 bits per heavy atom. The number of hydrogen-bond donors (Lipinski definition) is 3. The average Bonchev–Trinajstić information content (AvgIpc) is 2.37. The van der Waals surface area contributed by atoms with E-state index in [2.05, 4.69) is 10.3 Å². The van der Waals surface area contributed by atoms with Gasteiger partial charge in [0.25, 0.3) is 0 Å². The normalized spacial score (nSPS) is 12.6. The van der Waals surface area contributed by atoms with Crippen LogP contribution in [0.1, 0.15) is 19.8 Å². The lowest BCUT2D eigenvalue weighted by molar-refractivity contribution is 0.183. The van der Waals surface area contributed by atoms with Crippen LogP contribution in [0.15, 0.2) is 30.5 Å². The van der Waals surface area contributed by atoms with E-state index in [9.17, 15) is 5.11 Å². The van der Waals surface area contributed by atoms with Gasteiger partial charge < -0.3 is 16.2 Å². The molecule has 0 aliphatic heterocycles. The van der Waals surface area contributed by atoms with Crippen LogP contribution >= 0.6 is 0 Å². The summed E-state index contributed by atoms with van der Waals surface area (Å²) in [6.07, 6.45) is 3.24. The molecule has 2 rings (SSSR count). The monoisotopic (exact) mass is 245 g/mol. The Bertz CT molecular complexity index is 525. The number of nitrogens with zero attached hydrogens (tertiary/aromatic N) is 1. The SMILES string of the molecule is CC(O)CCCNc1ccc(N)c2ncccc12. The van der Waals surface area contributed by atoms with E-state index in [4.69, 9.17) is 5.73 Å². The Kier molecular flexibility index (Phi) is 3.99. The summed E-state index contributed by atoms with van der Waals surface area (Å²) in [6.45, 7) is 2.64. The maximum atomic E-state index is 9.20. The molecule has 0 aliphatic carbocycles. The largest absolute Gasteiger partial charge is 0.397 e. The summed E-state index contributed by atoms with van der Waals surface area (Å²) in [7, 11) is 0. The highest BCUT2D eigenvalue weighted by Crippen LogP contribution is 2.26. The molecule has 1 heterocycles. The van der Waals surface area contributed by atoms with Crippen LogP contribution in [-0.2, 0) is 0 Å². The molecule has 1 aromatic carbocycles. The standard InChI is InChI=1S/C14H19N3O/c1-10(18)4-2-8-16-13-7-6-12(15)14-11(13)5-3-9-17-14/h3,5-7,9-10,16,18H,2,4,8,15H2,1H3. The van der Waals surface area contributed by atoms with Crippen LogP contribution in [0, 0.1) is 0 Å². The van der Waals surface area contributed by atoms with Crippen molar-refractivity contribution in [3.05, 3.63) is 30.5 Å². The number of benzene rings is 1. The van der Waals surface area contributed by atoms with Crippen molar-refractivity contribution in [3.8, 4) is 0 Å². The van der Waals surface area contributed by atoms with E-state index in [0.717, 1.165) is 36.0 Å². The second-order valence-corrected chi connectivity index (χ2v) is 4.52. The van der Waals surface area contributed by atoms with Gasteiger partial charge in [-0.2, -0.15) is 0 Å². The topological polar surface area (TPSA) is 71.2 Å². The van der Waals surface area contributed by atoms with E-state index >= 15 is 0 Å². The number of aromatic nitrogens is 1. The second kappa shape index (κ2) is 5.69. The highest BCUT2D eigenvalue weighted by atomic mass is 16.3. The highest BCUT2D eigenvalue weighted by molar-refractivity contribution is 5.98. The third-order valence-corrected chi connectivity index (χ3v) is 2.92. The zero-order chi connectivity index (χ0) is 13.0. The Balaban J connectivity index is 2.11. The fraction of sp³-hybridized carbons (Fsp3) is 0.357. The molecule has 0 amide bonds. The van der Waals surface area contributed by atoms with Crippen molar-refractivity contribution in [1.29, 1.82) is 0 Å². The van der Waals surface area contributed by atoms with E-state index in [1.54, 1.807) is 6.20 Å². The molecule has 1 atom stereocenters. The molecule has 0 fully saturated rings. The predicted molar refractivity (Wildman–Crippen MR) is 75.6 cm³/mol. The van der Waals surface area contributed by atoms with Crippen molar-refractivity contribution >= 4 is 22.3 Å². The molecule has 18 heavy (non-hydrogen) atoms. The van der Waals surface area contributed by atoms with Crippen LogP contribution in [0.3, 0.4) is 0 Å². The molecule has 0 bridgehead atoms. The summed E-state index contributed by atoms with van der Waals surface area (Å²) in [6, 6.07) is 7.76. The summed E-state index contributed by atoms with van der Waals surface area (Å²) >= 11 is 0. The Morgan fingerprint density at radius 1 is 1.39 bits per heavy atom. The van der Waals surface area contributed by atoms with Crippen molar-refractivity contribution in [2.45, 2.75) is 25.9 Å². The van der Waals surface area contributed by atoms with Crippen molar-refractivity contribution in [2.75, 3.05) is 17.6 Å². The van der Waals surface area contributed by atoms with Gasteiger partial charge in [0.2, 0.25) is 0 Å². The fourth-order valence-corrected chi connectivity index (χ4v) is 1.97. The fourth-order valence-electron chi connectivity index (χ4n) is 1.97. The first kappa shape index (κ1) is 12.6. The van der Waals surface area contributed by atoms with Crippen molar-refractivity contribution in [3.63, 3.8) is 0 Å². The molecule has 0 spiro atoms. The van der Waals surface area contributed by atoms with Gasteiger partial charge in [0.05, 0.1) is 17.3 Å². The van der Waals surface area contributed by atoms with Crippen molar-refractivity contribution < 1.29 is 5.11 Å². The Morgan fingerprint density at radius 2 is 2.22 bits per heavy atom. The smallest absolute Gasteiger partial charge is 0.0951 e. The molecular weight excluding hydrogens is 226 g/mol. The summed E-state index contributed by atoms with van der Waals surface area (Å²) in [5.41, 5.74) is 8.46. The first-order chi connectivity index (χ1) is 8.68. The number of anilines is 2. The summed E-state index contributed by atoms with van der Waals surface area (Å²) in [4.78, 5) is 4.29. The van der Waals surface area contributed by atoms with Crippen LogP contribution in [-0.4, -0.2) is 22.7 Å². The van der Waals surface area contributed by atoms with Gasteiger partial charge in [0, 0.05) is 23.8 Å². The quantitative estimate of drug-likeness (QED) is 0.558. The molecule has 0 radical (unpaired) electrons. The van der Waals surface area contributed by atoms with Crippen molar-refractivity contribution in [1.82, 2.24) is 4.98 Å². The van der Waals surface area contributed by atoms with Crippen LogP contribution in [0.2, 0.25) is 0 Å². The van der Waals surface area contributed by atoms with E-state index in [1.807, 2.05) is 31.2 Å². The van der Waals surface area contributed by atoms with Crippen LogP contribution in [0.5, 0.6) is 0 Å². The summed E-state index contributed by atoms with van der Waals surface area (Å²) < 4.78 is 0. The van der Waals surface area contributed by atoms with E-state index in [0.29, 0.717) is 5.69 Å². The first-order valence-corrected chi connectivity index (χ1v) is 6.23. The molecule has 0 saturated heterocycles. The zero-order valence-electron chi connectivity index (χ0n) is 10.6. The number of nitrogens with two attached hydrogens (primary N) is 1. The maximum absolute atomic E-state index is 9.20. The molecule has 1 aromatic heterocycles. The molecule has 96 valence electrons. The molecule has 0 aliphatic rings. The maximum Gasteiger partial charge on any atom is 0.0951 e. The molecule has 2 aromatic rings. The minimum Gasteiger partial charge on any atom is -0.397 e. The van der Waals surface area contributed by atoms with Gasteiger partial charge in [-0.05, 0) is 44.0 Å². The van der Waals surface area contributed by atoms with Gasteiger partial charge in [-0.3, -0.25) is 4.98 Å². The number of hydrogen-bond acceptors (Lipinski definition) is 4. The minimum absolute atomic E-state index is 0.239. The van der Waals surface area contributed by atoms with Crippen LogP contribution < -0.4 is 11.1 Å². The minimum atomic E-state index is -0.239. The number of aliphatic hydroxyl groups excluding tert-OH is 1. The summed E-state index contributed by atoms with van der Waals surface area (Å²) in [5.74, 6) is 0. The Hall–Kier alpha value is -1.81. The molecule has 4 heteroatoms. The van der Waals surface area contributed by atoms with E-state index in [-0.39, 0.29) is 6.10 Å². The van der Waals surface area contributed by atoms with Crippen LogP contribution in [0.4, 0.5) is 11.4 Å². The number of aliphatic hydroxyl groups is 1. The highest BCUT2D eigenvalue weighted by Gasteiger charge is 2.04. The van der Waals surface area contributed by atoms with E-state index in [1.165, 1.54) is 0 Å². The first-order valence-electron chi connectivity index (χ1n) is 6.23. The molecule has 1 unspecified atom stereocenters. The number of pyridine rings is 1. The number of rotatable bonds is 5. The lowest BCUT2D eigenvalue weighted by Crippen LogP contribution is -2.07. The second-order valence-electron chi connectivity index (χ2n) is 4.52. The van der Waals surface area contributed by atoms with Gasteiger partial charge in [0.15, 0.2) is 0 Å². The zero-order valence-corrected chi connectivity index (χ0v) is 10.6. The number of nitrogen functional groups attached to an aromatic ring is 1. The Labute approximate surface area is 107 Å². The third-order valence-electron chi connectivity index (χ3n) is 2.92. The van der Waals surface area contributed by atoms with Gasteiger partial charge in [0.1, 0.15) is 0 Å². The average molecular weight is 245 g/mol. The molecule has 4 N–H and O–H groups in total. The predicted octanol–water partition coefficient (Wildman–Crippen LogP) is 2.39. The molecule has 0 saturated carbocycles. The number of fused-ring (bicyclic) bond motifs is 1. The lowest BCUT2D eigenvalue weighted by Gasteiger charge is -2.11. The van der Waals surface area contributed by atoms with Gasteiger partial charge in [-0.1, -0.05) is 0 Å². The van der Waals surface area contributed by atoms with E-state index < -0.39 is 0 Å². The van der Waals surface area contributed by atoms with Gasteiger partial charge in [-0.25, -0.2) is 0 Å². The van der Waals surface area contributed by atoms with Gasteiger partial charge in [-0.15, -0.1) is 0 Å². The van der Waals surface area contributed by atoms with Gasteiger partial charge >= 0.3 is 0 Å².